The molecule has 2 rings (SSSR count). The number of ether oxygens (including phenoxy) is 1. The second kappa shape index (κ2) is 7.29. The molecule has 0 spiro atoms. The Kier molecular flexibility index (Phi) is 5.41. The van der Waals surface area contributed by atoms with Crippen LogP contribution in [0.2, 0.25) is 0 Å². The summed E-state index contributed by atoms with van der Waals surface area (Å²) in [4.78, 5) is 26.1. The minimum absolute atomic E-state index is 0.0657. The van der Waals surface area contributed by atoms with Crippen molar-refractivity contribution in [3.8, 4) is 5.75 Å². The van der Waals surface area contributed by atoms with Gasteiger partial charge in [0.2, 0.25) is 11.8 Å². The number of rotatable bonds is 6. The van der Waals surface area contributed by atoms with Gasteiger partial charge in [0, 0.05) is 13.0 Å². The van der Waals surface area contributed by atoms with Gasteiger partial charge in [-0.3, -0.25) is 9.59 Å². The number of nitrogens with zero attached hydrogens (tertiary/aromatic N) is 1. The van der Waals surface area contributed by atoms with Crippen LogP contribution >= 0.6 is 0 Å². The average Bonchev–Trinajstić information content (AvgIpc) is 2.89. The molecule has 0 radical (unpaired) electrons. The number of anilines is 1. The van der Waals surface area contributed by atoms with Crippen LogP contribution in [0, 0.1) is 6.92 Å². The Hall–Kier alpha value is -2.04. The van der Waals surface area contributed by atoms with E-state index in [2.05, 4.69) is 5.32 Å². The molecule has 0 bridgehead atoms. The van der Waals surface area contributed by atoms with Crippen molar-refractivity contribution in [2.45, 2.75) is 46.1 Å². The van der Waals surface area contributed by atoms with Gasteiger partial charge in [0.05, 0.1) is 12.3 Å². The van der Waals surface area contributed by atoms with Crippen LogP contribution < -0.4 is 10.1 Å². The van der Waals surface area contributed by atoms with Gasteiger partial charge in [0.25, 0.3) is 0 Å². The molecule has 0 aromatic heterocycles. The molecule has 5 heteroatoms. The molecule has 1 N–H and O–H groups in total. The van der Waals surface area contributed by atoms with Crippen LogP contribution in [0.4, 0.5) is 5.69 Å². The van der Waals surface area contributed by atoms with Gasteiger partial charge in [-0.25, -0.2) is 0 Å². The van der Waals surface area contributed by atoms with Gasteiger partial charge >= 0.3 is 0 Å². The molecule has 2 amide bonds. The van der Waals surface area contributed by atoms with Crippen LogP contribution in [-0.2, 0) is 9.59 Å². The van der Waals surface area contributed by atoms with E-state index in [1.165, 1.54) is 0 Å². The highest BCUT2D eigenvalue weighted by Crippen LogP contribution is 2.27. The second-order valence-corrected chi connectivity index (χ2v) is 5.54. The number of likely N-dealkylation sites (tertiary alicyclic amines) is 1. The Morgan fingerprint density at radius 3 is 2.77 bits per heavy atom. The van der Waals surface area contributed by atoms with Crippen molar-refractivity contribution in [3.05, 3.63) is 23.8 Å². The monoisotopic (exact) mass is 304 g/mol. The Labute approximate surface area is 131 Å². The number of hydrogen-bond donors (Lipinski definition) is 1. The summed E-state index contributed by atoms with van der Waals surface area (Å²) in [6, 6.07) is 5.27. The lowest BCUT2D eigenvalue weighted by molar-refractivity contribution is -0.135. The van der Waals surface area contributed by atoms with Crippen LogP contribution in [0.25, 0.3) is 0 Å². The molecular formula is C17H24N2O3. The Morgan fingerprint density at radius 2 is 2.18 bits per heavy atom. The highest BCUT2D eigenvalue weighted by molar-refractivity contribution is 5.98. The van der Waals surface area contributed by atoms with E-state index >= 15 is 0 Å². The first kappa shape index (κ1) is 16.3. The third kappa shape index (κ3) is 3.59. The first-order valence-corrected chi connectivity index (χ1v) is 7.90. The second-order valence-electron chi connectivity index (χ2n) is 5.54. The summed E-state index contributed by atoms with van der Waals surface area (Å²) in [5, 5.41) is 2.91. The highest BCUT2D eigenvalue weighted by atomic mass is 16.5. The Bertz CT molecular complexity index is 557. The lowest BCUT2D eigenvalue weighted by Crippen LogP contribution is -2.44. The van der Waals surface area contributed by atoms with Gasteiger partial charge in [0.15, 0.2) is 0 Å². The predicted octanol–water partition coefficient (Wildman–Crippen LogP) is 2.73. The van der Waals surface area contributed by atoms with Crippen molar-refractivity contribution in [2.24, 2.45) is 0 Å². The largest absolute Gasteiger partial charge is 0.492 e. The summed E-state index contributed by atoms with van der Waals surface area (Å²) >= 11 is 0. The molecule has 1 fully saturated rings. The zero-order valence-corrected chi connectivity index (χ0v) is 13.5. The summed E-state index contributed by atoms with van der Waals surface area (Å²) < 4.78 is 5.58. The van der Waals surface area contributed by atoms with Gasteiger partial charge in [-0.15, -0.1) is 0 Å². The van der Waals surface area contributed by atoms with E-state index in [1.54, 1.807) is 4.90 Å². The Morgan fingerprint density at radius 1 is 1.41 bits per heavy atom. The topological polar surface area (TPSA) is 58.6 Å². The summed E-state index contributed by atoms with van der Waals surface area (Å²) in [5.41, 5.74) is 1.73. The van der Waals surface area contributed by atoms with Gasteiger partial charge < -0.3 is 15.0 Å². The number of aryl methyl sites for hydroxylation is 1. The molecule has 0 aliphatic carbocycles. The van der Waals surface area contributed by atoms with Crippen LogP contribution in [-0.4, -0.2) is 35.9 Å². The van der Waals surface area contributed by atoms with Gasteiger partial charge in [-0.05, 0) is 44.4 Å². The lowest BCUT2D eigenvalue weighted by Gasteiger charge is -2.26. The van der Waals surface area contributed by atoms with E-state index in [0.717, 1.165) is 12.0 Å². The quantitative estimate of drug-likeness (QED) is 0.879. The summed E-state index contributed by atoms with van der Waals surface area (Å²) in [5.74, 6) is 0.581. The van der Waals surface area contributed by atoms with Crippen LogP contribution in [0.5, 0.6) is 5.75 Å². The number of hydrogen-bond acceptors (Lipinski definition) is 3. The molecule has 1 aliphatic heterocycles. The van der Waals surface area contributed by atoms with Crippen molar-refractivity contribution >= 4 is 17.5 Å². The van der Waals surface area contributed by atoms with E-state index in [0.29, 0.717) is 37.4 Å². The van der Waals surface area contributed by atoms with Crippen molar-refractivity contribution in [3.63, 3.8) is 0 Å². The third-order valence-electron chi connectivity index (χ3n) is 3.87. The average molecular weight is 304 g/mol. The zero-order chi connectivity index (χ0) is 16.1. The maximum Gasteiger partial charge on any atom is 0.247 e. The molecule has 5 nitrogen and oxygen atoms in total. The van der Waals surface area contributed by atoms with Crippen molar-refractivity contribution in [2.75, 3.05) is 18.5 Å². The number of carbonyl (C=O) groups is 2. The zero-order valence-electron chi connectivity index (χ0n) is 13.5. The minimum Gasteiger partial charge on any atom is -0.492 e. The van der Waals surface area contributed by atoms with Crippen molar-refractivity contribution in [1.29, 1.82) is 0 Å². The smallest absolute Gasteiger partial charge is 0.247 e. The molecule has 22 heavy (non-hydrogen) atoms. The maximum atomic E-state index is 12.6. The van der Waals surface area contributed by atoms with Crippen LogP contribution in [0.1, 0.15) is 38.7 Å². The van der Waals surface area contributed by atoms with E-state index in [4.69, 9.17) is 4.74 Å². The standard InChI is InChI=1S/C17H24N2O3/c1-4-14(19-10-6-7-16(19)20)17(21)18-13-9-8-12(3)11-15(13)22-5-2/h8-9,11,14H,4-7,10H2,1-3H3,(H,18,21)/t14-/m0/s1. The molecule has 1 atom stereocenters. The highest BCUT2D eigenvalue weighted by Gasteiger charge is 2.31. The van der Waals surface area contributed by atoms with Crippen molar-refractivity contribution < 1.29 is 14.3 Å². The molecule has 1 saturated heterocycles. The summed E-state index contributed by atoms with van der Waals surface area (Å²) in [7, 11) is 0. The van der Waals surface area contributed by atoms with E-state index in [1.807, 2.05) is 39.0 Å². The minimum atomic E-state index is -0.411. The summed E-state index contributed by atoms with van der Waals surface area (Å²) in [6.07, 6.45) is 1.98. The predicted molar refractivity (Wildman–Crippen MR) is 86.0 cm³/mol. The third-order valence-corrected chi connectivity index (χ3v) is 3.87. The van der Waals surface area contributed by atoms with Gasteiger partial charge in [-0.1, -0.05) is 13.0 Å². The first-order valence-electron chi connectivity index (χ1n) is 7.90. The molecule has 1 aromatic rings. The summed E-state index contributed by atoms with van der Waals surface area (Å²) in [6.45, 7) is 7.01. The normalized spacial score (nSPS) is 15.8. The molecule has 120 valence electrons. The SMILES string of the molecule is CCOc1cc(C)ccc1NC(=O)[C@H](CC)N1CCCC1=O. The van der Waals surface area contributed by atoms with Gasteiger partial charge in [-0.2, -0.15) is 0 Å². The number of carbonyl (C=O) groups excluding carboxylic acids is 2. The number of amides is 2. The van der Waals surface area contributed by atoms with E-state index in [9.17, 15) is 9.59 Å². The fourth-order valence-corrected chi connectivity index (χ4v) is 2.77. The fraction of sp³-hybridized carbons (Fsp3) is 0.529. The first-order chi connectivity index (χ1) is 10.6. The van der Waals surface area contributed by atoms with Crippen LogP contribution in [0.15, 0.2) is 18.2 Å². The van der Waals surface area contributed by atoms with Crippen LogP contribution in [0.3, 0.4) is 0 Å². The molecule has 0 unspecified atom stereocenters. The molecular weight excluding hydrogens is 280 g/mol. The molecule has 1 aromatic carbocycles. The fourth-order valence-electron chi connectivity index (χ4n) is 2.77. The molecule has 1 heterocycles. The van der Waals surface area contributed by atoms with E-state index in [-0.39, 0.29) is 11.8 Å². The van der Waals surface area contributed by atoms with Crippen molar-refractivity contribution in [1.82, 2.24) is 4.90 Å². The lowest BCUT2D eigenvalue weighted by atomic mass is 10.1. The molecule has 0 saturated carbocycles. The Balaban J connectivity index is 2.14. The molecule has 1 aliphatic rings. The van der Waals surface area contributed by atoms with Gasteiger partial charge in [0.1, 0.15) is 11.8 Å². The number of benzene rings is 1. The number of nitrogens with one attached hydrogen (secondary N) is 1. The van der Waals surface area contributed by atoms with E-state index < -0.39 is 6.04 Å². The maximum absolute atomic E-state index is 12.6.